The summed E-state index contributed by atoms with van der Waals surface area (Å²) in [5, 5.41) is 0. The lowest BCUT2D eigenvalue weighted by Gasteiger charge is -2.43. The Hall–Kier alpha value is -1.47. The molecule has 6 nitrogen and oxygen atoms in total. The maximum absolute atomic E-state index is 5.58. The normalized spacial score (nSPS) is 29.7. The highest BCUT2D eigenvalue weighted by Gasteiger charge is 2.42. The molecule has 1 aromatic rings. The van der Waals surface area contributed by atoms with Crippen LogP contribution in [0.4, 0.5) is 5.69 Å². The van der Waals surface area contributed by atoms with Crippen LogP contribution in [0.3, 0.4) is 0 Å². The molecule has 0 saturated carbocycles. The highest BCUT2D eigenvalue weighted by molar-refractivity contribution is 5.98. The Balaban J connectivity index is 1.65. The van der Waals surface area contributed by atoms with Crippen LogP contribution in [0, 0.1) is 0 Å². The first kappa shape index (κ1) is 16.0. The summed E-state index contributed by atoms with van der Waals surface area (Å²) in [5.74, 6) is 1.09. The van der Waals surface area contributed by atoms with Crippen molar-refractivity contribution in [1.29, 1.82) is 0 Å². The van der Waals surface area contributed by atoms with Gasteiger partial charge in [-0.2, -0.15) is 0 Å². The van der Waals surface area contributed by atoms with Gasteiger partial charge in [-0.3, -0.25) is 9.80 Å². The number of aliphatic imine (C=N–C) groups is 1. The largest absolute Gasteiger partial charge is 0.379 e. The minimum Gasteiger partial charge on any atom is -0.379 e. The molecule has 0 spiro atoms. The Bertz CT molecular complexity index is 568. The molecular formula is C18H26N4O2. The van der Waals surface area contributed by atoms with E-state index in [1.807, 2.05) is 0 Å². The summed E-state index contributed by atoms with van der Waals surface area (Å²) in [6, 6.07) is 10.6. The predicted molar refractivity (Wildman–Crippen MR) is 94.4 cm³/mol. The van der Waals surface area contributed by atoms with E-state index < -0.39 is 0 Å². The number of para-hydroxylation sites is 1. The molecule has 130 valence electrons. The Morgan fingerprint density at radius 3 is 2.08 bits per heavy atom. The van der Waals surface area contributed by atoms with Crippen molar-refractivity contribution >= 4 is 11.5 Å². The van der Waals surface area contributed by atoms with Crippen molar-refractivity contribution in [3.63, 3.8) is 0 Å². The molecule has 0 aromatic heterocycles. The highest BCUT2D eigenvalue weighted by atomic mass is 16.5. The number of hydrogen-bond donors (Lipinski definition) is 0. The maximum Gasteiger partial charge on any atom is 0.139 e. The van der Waals surface area contributed by atoms with Gasteiger partial charge in [0.15, 0.2) is 0 Å². The average Bonchev–Trinajstić information content (AvgIpc) is 3.01. The second-order valence-electron chi connectivity index (χ2n) is 6.51. The second-order valence-corrected chi connectivity index (χ2v) is 6.51. The number of benzene rings is 1. The van der Waals surface area contributed by atoms with Gasteiger partial charge in [-0.25, -0.2) is 4.99 Å². The quantitative estimate of drug-likeness (QED) is 0.834. The van der Waals surface area contributed by atoms with Crippen molar-refractivity contribution in [3.8, 4) is 0 Å². The van der Waals surface area contributed by atoms with Crippen LogP contribution in [0.1, 0.15) is 6.92 Å². The lowest BCUT2D eigenvalue weighted by atomic mass is 10.2. The van der Waals surface area contributed by atoms with Crippen LogP contribution in [-0.2, 0) is 9.47 Å². The van der Waals surface area contributed by atoms with E-state index >= 15 is 0 Å². The molecule has 2 atom stereocenters. The van der Waals surface area contributed by atoms with Crippen LogP contribution in [-0.4, -0.2) is 80.6 Å². The van der Waals surface area contributed by atoms with E-state index in [1.165, 1.54) is 5.69 Å². The van der Waals surface area contributed by atoms with E-state index in [9.17, 15) is 0 Å². The van der Waals surface area contributed by atoms with E-state index in [0.717, 1.165) is 58.4 Å². The summed E-state index contributed by atoms with van der Waals surface area (Å²) in [5.41, 5.74) is 1.21. The third-order valence-electron chi connectivity index (χ3n) is 5.07. The fraction of sp³-hybridized carbons (Fsp3) is 0.611. The molecule has 24 heavy (non-hydrogen) atoms. The molecule has 0 unspecified atom stereocenters. The summed E-state index contributed by atoms with van der Waals surface area (Å²) >= 11 is 0. The summed E-state index contributed by atoms with van der Waals surface area (Å²) in [6.45, 7) is 9.13. The minimum absolute atomic E-state index is 0.159. The van der Waals surface area contributed by atoms with Gasteiger partial charge in [-0.1, -0.05) is 18.2 Å². The minimum atomic E-state index is 0.159. The van der Waals surface area contributed by atoms with Gasteiger partial charge in [0.2, 0.25) is 0 Å². The molecule has 0 bridgehead atoms. The van der Waals surface area contributed by atoms with Crippen molar-refractivity contribution in [2.45, 2.75) is 19.3 Å². The first-order chi connectivity index (χ1) is 11.8. The zero-order valence-corrected chi connectivity index (χ0v) is 14.3. The molecule has 2 fully saturated rings. The Kier molecular flexibility index (Phi) is 4.80. The van der Waals surface area contributed by atoms with Gasteiger partial charge >= 0.3 is 0 Å². The summed E-state index contributed by atoms with van der Waals surface area (Å²) < 4.78 is 11.1. The van der Waals surface area contributed by atoms with Crippen LogP contribution in [0.15, 0.2) is 35.3 Å². The number of anilines is 1. The number of nitrogens with zero attached hydrogens (tertiary/aromatic N) is 4. The van der Waals surface area contributed by atoms with Crippen molar-refractivity contribution in [2.24, 2.45) is 4.99 Å². The van der Waals surface area contributed by atoms with Crippen molar-refractivity contribution < 1.29 is 9.47 Å². The van der Waals surface area contributed by atoms with E-state index in [2.05, 4.69) is 52.0 Å². The van der Waals surface area contributed by atoms with Gasteiger partial charge in [0.25, 0.3) is 0 Å². The number of morpholine rings is 2. The molecule has 0 aliphatic carbocycles. The molecule has 2 saturated heterocycles. The van der Waals surface area contributed by atoms with Gasteiger partial charge < -0.3 is 14.4 Å². The van der Waals surface area contributed by atoms with Gasteiger partial charge in [0.1, 0.15) is 18.2 Å². The Labute approximate surface area is 143 Å². The molecule has 6 heteroatoms. The monoisotopic (exact) mass is 330 g/mol. The molecule has 0 N–H and O–H groups in total. The lowest BCUT2D eigenvalue weighted by molar-refractivity contribution is -0.0273. The Morgan fingerprint density at radius 2 is 1.46 bits per heavy atom. The number of hydrogen-bond acceptors (Lipinski definition) is 6. The van der Waals surface area contributed by atoms with E-state index in [1.54, 1.807) is 0 Å². The standard InChI is InChI=1S/C18H26N4O2/c1-15-19-17(20-7-11-23-12-8-20)18(21-9-13-24-14-10-21)22(15)16-5-3-2-4-6-16/h2-6,17-18H,7-14H2,1H3/t17-,18+/m1/s1. The van der Waals surface area contributed by atoms with E-state index in [0.29, 0.717) is 0 Å². The zero-order chi connectivity index (χ0) is 16.4. The summed E-state index contributed by atoms with van der Waals surface area (Å²) in [6.07, 6.45) is 0.390. The van der Waals surface area contributed by atoms with E-state index in [4.69, 9.17) is 14.5 Å². The van der Waals surface area contributed by atoms with Crippen LogP contribution in [0.25, 0.3) is 0 Å². The smallest absolute Gasteiger partial charge is 0.139 e. The maximum atomic E-state index is 5.58. The average molecular weight is 330 g/mol. The second kappa shape index (κ2) is 7.19. The predicted octanol–water partition coefficient (Wildman–Crippen LogP) is 1.24. The first-order valence-electron chi connectivity index (χ1n) is 8.87. The molecule has 3 aliphatic rings. The van der Waals surface area contributed by atoms with Gasteiger partial charge in [-0.15, -0.1) is 0 Å². The highest BCUT2D eigenvalue weighted by Crippen LogP contribution is 2.30. The van der Waals surface area contributed by atoms with Crippen molar-refractivity contribution in [2.75, 3.05) is 57.5 Å². The topological polar surface area (TPSA) is 40.5 Å². The van der Waals surface area contributed by atoms with Gasteiger partial charge in [-0.05, 0) is 19.1 Å². The Morgan fingerprint density at radius 1 is 0.875 bits per heavy atom. The SMILES string of the molecule is CC1=N[C@H](N2CCOCC2)[C@@H](N2CCOCC2)N1c1ccccc1. The van der Waals surface area contributed by atoms with Crippen molar-refractivity contribution in [3.05, 3.63) is 30.3 Å². The third-order valence-corrected chi connectivity index (χ3v) is 5.07. The van der Waals surface area contributed by atoms with Gasteiger partial charge in [0, 0.05) is 31.9 Å². The van der Waals surface area contributed by atoms with Crippen molar-refractivity contribution in [1.82, 2.24) is 9.80 Å². The van der Waals surface area contributed by atoms with Crippen LogP contribution < -0.4 is 4.90 Å². The fourth-order valence-electron chi connectivity index (χ4n) is 3.88. The zero-order valence-electron chi connectivity index (χ0n) is 14.3. The number of ether oxygens (including phenoxy) is 2. The van der Waals surface area contributed by atoms with Crippen LogP contribution >= 0.6 is 0 Å². The third kappa shape index (κ3) is 3.07. The van der Waals surface area contributed by atoms with Crippen LogP contribution in [0.2, 0.25) is 0 Å². The molecule has 3 heterocycles. The fourth-order valence-corrected chi connectivity index (χ4v) is 3.88. The summed E-state index contributed by atoms with van der Waals surface area (Å²) in [7, 11) is 0. The molecule has 1 aromatic carbocycles. The molecule has 0 radical (unpaired) electrons. The molecule has 4 rings (SSSR count). The number of rotatable bonds is 3. The lowest BCUT2D eigenvalue weighted by Crippen LogP contribution is -2.60. The molecule has 0 amide bonds. The van der Waals surface area contributed by atoms with E-state index in [-0.39, 0.29) is 12.3 Å². The van der Waals surface area contributed by atoms with Gasteiger partial charge in [0.05, 0.1) is 26.4 Å². The first-order valence-corrected chi connectivity index (χ1v) is 8.87. The molecule has 3 aliphatic heterocycles. The number of amidine groups is 1. The van der Waals surface area contributed by atoms with Crippen LogP contribution in [0.5, 0.6) is 0 Å². The molecular weight excluding hydrogens is 304 g/mol. The summed E-state index contributed by atoms with van der Waals surface area (Å²) in [4.78, 5) is 12.4.